The summed E-state index contributed by atoms with van der Waals surface area (Å²) in [5, 5.41) is 0. The van der Waals surface area contributed by atoms with Crippen molar-refractivity contribution in [2.75, 3.05) is 0 Å². The summed E-state index contributed by atoms with van der Waals surface area (Å²) in [7, 11) is 0. The third-order valence-corrected chi connectivity index (χ3v) is 2.37. The zero-order chi connectivity index (χ0) is 9.97. The second-order valence-electron chi connectivity index (χ2n) is 3.66. The molecule has 0 saturated carbocycles. The van der Waals surface area contributed by atoms with E-state index < -0.39 is 0 Å². The van der Waals surface area contributed by atoms with Gasteiger partial charge in [-0.1, -0.05) is 36.8 Å². The predicted molar refractivity (Wildman–Crippen MR) is 58.2 cm³/mol. The molecule has 1 atom stereocenters. The quantitative estimate of drug-likeness (QED) is 0.687. The van der Waals surface area contributed by atoms with Crippen molar-refractivity contribution in [3.63, 3.8) is 0 Å². The first-order valence-electron chi connectivity index (χ1n) is 4.88. The largest absolute Gasteiger partial charge is 0.461 e. The molecular weight excluding hydrogens is 172 g/mol. The van der Waals surface area contributed by atoms with Crippen LogP contribution in [0.3, 0.4) is 0 Å². The topological polar surface area (TPSA) is 9.23 Å². The number of hydrogen-bond donors (Lipinski definition) is 0. The van der Waals surface area contributed by atoms with Crippen LogP contribution in [0.5, 0.6) is 5.75 Å². The molecule has 0 spiro atoms. The molecule has 1 nitrogen and oxygen atoms in total. The van der Waals surface area contributed by atoms with E-state index in [1.165, 1.54) is 5.56 Å². The van der Waals surface area contributed by atoms with Gasteiger partial charge >= 0.3 is 0 Å². The lowest BCUT2D eigenvalue weighted by Gasteiger charge is -2.10. The Morgan fingerprint density at radius 1 is 1.14 bits per heavy atom. The first kappa shape index (κ1) is 9.07. The molecule has 72 valence electrons. The van der Waals surface area contributed by atoms with E-state index in [4.69, 9.17) is 4.74 Å². The molecule has 1 unspecified atom stereocenters. The SMILES string of the molecule is Cc1ccc(OC2=CC=CC2C)cc1. The molecule has 14 heavy (non-hydrogen) atoms. The van der Waals surface area contributed by atoms with E-state index in [9.17, 15) is 0 Å². The maximum Gasteiger partial charge on any atom is 0.126 e. The molecule has 0 heterocycles. The van der Waals surface area contributed by atoms with Gasteiger partial charge in [0.1, 0.15) is 11.5 Å². The predicted octanol–water partition coefficient (Wildman–Crippen LogP) is 3.46. The standard InChI is InChI=1S/C13H14O/c1-10-6-8-12(9-7-10)14-13-5-3-4-11(13)2/h3-9,11H,1-2H3. The first-order chi connectivity index (χ1) is 6.75. The Balaban J connectivity index is 2.08. The van der Waals surface area contributed by atoms with Gasteiger partial charge in [0, 0.05) is 5.92 Å². The van der Waals surface area contributed by atoms with Crippen LogP contribution in [0.4, 0.5) is 0 Å². The molecule has 0 radical (unpaired) electrons. The van der Waals surface area contributed by atoms with Gasteiger partial charge in [-0.2, -0.15) is 0 Å². The third kappa shape index (κ3) is 1.87. The minimum atomic E-state index is 0.399. The molecule has 1 heteroatoms. The van der Waals surface area contributed by atoms with Gasteiger partial charge in [0.25, 0.3) is 0 Å². The van der Waals surface area contributed by atoms with E-state index in [2.05, 4.69) is 32.1 Å². The monoisotopic (exact) mass is 186 g/mol. The molecule has 1 aromatic rings. The van der Waals surface area contributed by atoms with Gasteiger partial charge in [-0.05, 0) is 25.1 Å². The molecule has 1 aromatic carbocycles. The van der Waals surface area contributed by atoms with Crippen LogP contribution in [0.1, 0.15) is 12.5 Å². The molecule has 0 saturated heterocycles. The molecule has 1 aliphatic rings. The van der Waals surface area contributed by atoms with Gasteiger partial charge in [-0.25, -0.2) is 0 Å². The van der Waals surface area contributed by atoms with Crippen LogP contribution >= 0.6 is 0 Å². The number of aryl methyl sites for hydroxylation is 1. The van der Waals surface area contributed by atoms with Crippen LogP contribution in [0.15, 0.2) is 48.3 Å². The summed E-state index contributed by atoms with van der Waals surface area (Å²) < 4.78 is 5.74. The fraction of sp³-hybridized carbons (Fsp3) is 0.231. The fourth-order valence-electron chi connectivity index (χ4n) is 1.43. The molecule has 0 fully saturated rings. The van der Waals surface area contributed by atoms with Gasteiger partial charge in [0.15, 0.2) is 0 Å². The van der Waals surface area contributed by atoms with E-state index in [-0.39, 0.29) is 0 Å². The Morgan fingerprint density at radius 2 is 1.86 bits per heavy atom. The lowest BCUT2D eigenvalue weighted by Crippen LogP contribution is -2.00. The van der Waals surface area contributed by atoms with Crippen molar-refractivity contribution in [3.8, 4) is 5.75 Å². The zero-order valence-corrected chi connectivity index (χ0v) is 8.53. The summed E-state index contributed by atoms with van der Waals surface area (Å²) in [5.41, 5.74) is 1.25. The van der Waals surface area contributed by atoms with E-state index in [0.717, 1.165) is 11.5 Å². The molecule has 0 bridgehead atoms. The maximum atomic E-state index is 5.74. The number of allylic oxidation sites excluding steroid dienone is 3. The Bertz CT molecular complexity index is 371. The Hall–Kier alpha value is -1.50. The number of hydrogen-bond acceptors (Lipinski definition) is 1. The van der Waals surface area contributed by atoms with Gasteiger partial charge in [0.05, 0.1) is 0 Å². The van der Waals surface area contributed by atoms with E-state index in [1.54, 1.807) is 0 Å². The van der Waals surface area contributed by atoms with Crippen LogP contribution in [0, 0.1) is 12.8 Å². The molecule has 0 N–H and O–H groups in total. The van der Waals surface area contributed by atoms with Crippen LogP contribution in [-0.4, -0.2) is 0 Å². The van der Waals surface area contributed by atoms with Crippen molar-refractivity contribution in [3.05, 3.63) is 53.8 Å². The minimum absolute atomic E-state index is 0.399. The first-order valence-corrected chi connectivity index (χ1v) is 4.88. The second kappa shape index (κ2) is 3.70. The van der Waals surface area contributed by atoms with Crippen molar-refractivity contribution >= 4 is 0 Å². The molecule has 0 amide bonds. The van der Waals surface area contributed by atoms with E-state index in [0.29, 0.717) is 5.92 Å². The average molecular weight is 186 g/mol. The lowest BCUT2D eigenvalue weighted by molar-refractivity contribution is 0.386. The van der Waals surface area contributed by atoms with E-state index in [1.807, 2.05) is 24.3 Å². The molecular formula is C13H14O. The average Bonchev–Trinajstić information content (AvgIpc) is 2.56. The van der Waals surface area contributed by atoms with Crippen molar-refractivity contribution in [1.29, 1.82) is 0 Å². The highest BCUT2D eigenvalue weighted by atomic mass is 16.5. The third-order valence-electron chi connectivity index (χ3n) is 2.37. The van der Waals surface area contributed by atoms with Crippen LogP contribution in [-0.2, 0) is 0 Å². The van der Waals surface area contributed by atoms with Gasteiger partial charge in [-0.15, -0.1) is 0 Å². The highest BCUT2D eigenvalue weighted by Crippen LogP contribution is 2.23. The number of ether oxygens (including phenoxy) is 1. The Morgan fingerprint density at radius 3 is 2.43 bits per heavy atom. The molecule has 1 aliphatic carbocycles. The fourth-order valence-corrected chi connectivity index (χ4v) is 1.43. The lowest BCUT2D eigenvalue weighted by atomic mass is 10.2. The van der Waals surface area contributed by atoms with Crippen molar-refractivity contribution in [2.45, 2.75) is 13.8 Å². The molecule has 0 aliphatic heterocycles. The maximum absolute atomic E-state index is 5.74. The van der Waals surface area contributed by atoms with Crippen LogP contribution in [0.25, 0.3) is 0 Å². The van der Waals surface area contributed by atoms with Crippen LogP contribution < -0.4 is 4.74 Å². The summed E-state index contributed by atoms with van der Waals surface area (Å²) in [4.78, 5) is 0. The summed E-state index contributed by atoms with van der Waals surface area (Å²) in [6, 6.07) is 8.12. The Kier molecular flexibility index (Phi) is 2.40. The highest BCUT2D eigenvalue weighted by Gasteiger charge is 2.10. The highest BCUT2D eigenvalue weighted by molar-refractivity contribution is 5.31. The zero-order valence-electron chi connectivity index (χ0n) is 8.53. The van der Waals surface area contributed by atoms with Gasteiger partial charge in [0.2, 0.25) is 0 Å². The number of benzene rings is 1. The minimum Gasteiger partial charge on any atom is -0.461 e. The summed E-state index contributed by atoms with van der Waals surface area (Å²) >= 11 is 0. The number of rotatable bonds is 2. The summed E-state index contributed by atoms with van der Waals surface area (Å²) in [6.07, 6.45) is 6.18. The van der Waals surface area contributed by atoms with Crippen LogP contribution in [0.2, 0.25) is 0 Å². The van der Waals surface area contributed by atoms with E-state index >= 15 is 0 Å². The molecule has 0 aromatic heterocycles. The summed E-state index contributed by atoms with van der Waals surface area (Å²) in [6.45, 7) is 4.20. The van der Waals surface area contributed by atoms with Gasteiger partial charge < -0.3 is 4.74 Å². The normalized spacial score (nSPS) is 19.6. The van der Waals surface area contributed by atoms with Crippen molar-refractivity contribution in [2.24, 2.45) is 5.92 Å². The molecule has 2 rings (SSSR count). The van der Waals surface area contributed by atoms with Crippen molar-refractivity contribution in [1.82, 2.24) is 0 Å². The smallest absolute Gasteiger partial charge is 0.126 e. The Labute approximate surface area is 84.7 Å². The summed E-state index contributed by atoms with van der Waals surface area (Å²) in [5.74, 6) is 2.34. The van der Waals surface area contributed by atoms with Crippen molar-refractivity contribution < 1.29 is 4.74 Å². The second-order valence-corrected chi connectivity index (χ2v) is 3.66. The van der Waals surface area contributed by atoms with Gasteiger partial charge in [-0.3, -0.25) is 0 Å².